The maximum atomic E-state index is 5.94. The minimum Gasteiger partial charge on any atom is -0.383 e. The summed E-state index contributed by atoms with van der Waals surface area (Å²) in [6.45, 7) is 2.69. The first-order valence-electron chi connectivity index (χ1n) is 5.51. The molecule has 0 aliphatic carbocycles. The zero-order valence-corrected chi connectivity index (χ0v) is 12.2. The second-order valence-electron chi connectivity index (χ2n) is 3.52. The number of rotatable bonds is 8. The third-order valence-electron chi connectivity index (χ3n) is 2.14. The van der Waals surface area contributed by atoms with Crippen LogP contribution in [-0.4, -0.2) is 32.6 Å². The Kier molecular flexibility index (Phi) is 8.06. The van der Waals surface area contributed by atoms with E-state index in [1.807, 2.05) is 18.2 Å². The van der Waals surface area contributed by atoms with E-state index in [1.165, 1.54) is 0 Å². The van der Waals surface area contributed by atoms with Crippen LogP contribution in [0, 0.1) is 0 Å². The maximum Gasteiger partial charge on any atom is 0.0603 e. The Hall–Kier alpha value is 0.0700. The molecule has 2 nitrogen and oxygen atoms in total. The molecule has 96 valence electrons. The quantitative estimate of drug-likeness (QED) is 0.583. The predicted molar refractivity (Wildman–Crippen MR) is 76.5 cm³/mol. The molecule has 0 unspecified atom stereocenters. The van der Waals surface area contributed by atoms with Crippen molar-refractivity contribution < 1.29 is 4.74 Å². The molecular formula is C12H17Cl2NOS. The summed E-state index contributed by atoms with van der Waals surface area (Å²) in [5, 5.41) is 4.54. The lowest BCUT2D eigenvalue weighted by molar-refractivity contribution is 0.199. The Balaban J connectivity index is 2.11. The topological polar surface area (TPSA) is 21.3 Å². The van der Waals surface area contributed by atoms with E-state index in [9.17, 15) is 0 Å². The van der Waals surface area contributed by atoms with Gasteiger partial charge in [0.1, 0.15) is 0 Å². The van der Waals surface area contributed by atoms with Gasteiger partial charge >= 0.3 is 0 Å². The van der Waals surface area contributed by atoms with Gasteiger partial charge in [0.05, 0.1) is 16.7 Å². The molecule has 1 aromatic carbocycles. The lowest BCUT2D eigenvalue weighted by atomic mass is 10.4. The number of methoxy groups -OCH3 is 1. The molecular weight excluding hydrogens is 277 g/mol. The van der Waals surface area contributed by atoms with Crippen LogP contribution in [0.25, 0.3) is 0 Å². The van der Waals surface area contributed by atoms with E-state index in [4.69, 9.17) is 27.9 Å². The maximum absolute atomic E-state index is 5.94. The smallest absolute Gasteiger partial charge is 0.0603 e. The molecule has 0 aliphatic rings. The van der Waals surface area contributed by atoms with Crippen molar-refractivity contribution in [2.75, 3.05) is 32.6 Å². The van der Waals surface area contributed by atoms with Crippen LogP contribution in [0.4, 0.5) is 0 Å². The van der Waals surface area contributed by atoms with Crippen molar-refractivity contribution >= 4 is 35.0 Å². The first-order valence-corrected chi connectivity index (χ1v) is 7.25. The average Bonchev–Trinajstić information content (AvgIpc) is 2.32. The molecule has 1 aromatic rings. The van der Waals surface area contributed by atoms with Gasteiger partial charge in [0.2, 0.25) is 0 Å². The normalized spacial score (nSPS) is 10.8. The molecule has 1 rings (SSSR count). The number of nitrogens with one attached hydrogen (secondary N) is 1. The van der Waals surface area contributed by atoms with Crippen LogP contribution in [0.5, 0.6) is 0 Å². The Morgan fingerprint density at radius 2 is 2.06 bits per heavy atom. The minimum atomic E-state index is 0.609. The summed E-state index contributed by atoms with van der Waals surface area (Å²) in [6.07, 6.45) is 1.12. The summed E-state index contributed by atoms with van der Waals surface area (Å²) >= 11 is 13.6. The standard InChI is InChI=1S/C12H17Cl2NOS/c1-16-7-6-15-5-2-8-17-10-3-4-11(13)12(14)9-10/h3-4,9,15H,2,5-8H2,1H3. The first-order chi connectivity index (χ1) is 8.24. The summed E-state index contributed by atoms with van der Waals surface area (Å²) < 4.78 is 4.95. The van der Waals surface area contributed by atoms with Crippen LogP contribution >= 0.6 is 35.0 Å². The predicted octanol–water partition coefficient (Wildman–Crippen LogP) is 3.71. The van der Waals surface area contributed by atoms with Gasteiger partial charge in [0.25, 0.3) is 0 Å². The van der Waals surface area contributed by atoms with Gasteiger partial charge in [-0.2, -0.15) is 0 Å². The number of benzene rings is 1. The summed E-state index contributed by atoms with van der Waals surface area (Å²) in [4.78, 5) is 1.16. The second-order valence-corrected chi connectivity index (χ2v) is 5.50. The highest BCUT2D eigenvalue weighted by Gasteiger charge is 1.99. The van der Waals surface area contributed by atoms with Crippen LogP contribution < -0.4 is 5.32 Å². The van der Waals surface area contributed by atoms with Gasteiger partial charge < -0.3 is 10.1 Å². The number of thioether (sulfide) groups is 1. The van der Waals surface area contributed by atoms with E-state index in [0.29, 0.717) is 10.0 Å². The summed E-state index contributed by atoms with van der Waals surface area (Å²) in [6, 6.07) is 5.74. The molecule has 0 heterocycles. The lowest BCUT2D eigenvalue weighted by Gasteiger charge is -2.05. The van der Waals surface area contributed by atoms with Crippen LogP contribution in [0.1, 0.15) is 6.42 Å². The van der Waals surface area contributed by atoms with Crippen molar-refractivity contribution in [3.05, 3.63) is 28.2 Å². The molecule has 0 amide bonds. The zero-order chi connectivity index (χ0) is 12.5. The average molecular weight is 294 g/mol. The summed E-state index contributed by atoms with van der Waals surface area (Å²) in [5.41, 5.74) is 0. The first kappa shape index (κ1) is 15.1. The van der Waals surface area contributed by atoms with Crippen LogP contribution in [0.2, 0.25) is 10.0 Å². The Morgan fingerprint density at radius 3 is 2.76 bits per heavy atom. The molecule has 17 heavy (non-hydrogen) atoms. The molecule has 0 bridgehead atoms. The van der Waals surface area contributed by atoms with Crippen LogP contribution in [0.15, 0.2) is 23.1 Å². The number of halogens is 2. The highest BCUT2D eigenvalue weighted by atomic mass is 35.5. The van der Waals surface area contributed by atoms with Gasteiger partial charge in [0.15, 0.2) is 0 Å². The molecule has 0 saturated heterocycles. The Morgan fingerprint density at radius 1 is 1.24 bits per heavy atom. The van der Waals surface area contributed by atoms with Crippen LogP contribution in [-0.2, 0) is 4.74 Å². The Bertz CT molecular complexity index is 336. The van der Waals surface area contributed by atoms with Gasteiger partial charge in [-0.05, 0) is 36.9 Å². The number of hydrogen-bond donors (Lipinski definition) is 1. The molecule has 1 N–H and O–H groups in total. The van der Waals surface area contributed by atoms with E-state index in [1.54, 1.807) is 18.9 Å². The van der Waals surface area contributed by atoms with E-state index in [-0.39, 0.29) is 0 Å². The van der Waals surface area contributed by atoms with E-state index < -0.39 is 0 Å². The number of ether oxygens (including phenoxy) is 1. The Labute approximate surface area is 117 Å². The fourth-order valence-corrected chi connectivity index (χ4v) is 2.51. The van der Waals surface area contributed by atoms with Crippen molar-refractivity contribution in [2.45, 2.75) is 11.3 Å². The number of hydrogen-bond acceptors (Lipinski definition) is 3. The molecule has 0 aliphatic heterocycles. The lowest BCUT2D eigenvalue weighted by Crippen LogP contribution is -2.20. The monoisotopic (exact) mass is 293 g/mol. The van der Waals surface area contributed by atoms with Crippen molar-refractivity contribution in [2.24, 2.45) is 0 Å². The molecule has 0 saturated carbocycles. The van der Waals surface area contributed by atoms with E-state index >= 15 is 0 Å². The highest BCUT2D eigenvalue weighted by Crippen LogP contribution is 2.28. The zero-order valence-electron chi connectivity index (χ0n) is 9.84. The van der Waals surface area contributed by atoms with Gasteiger partial charge in [-0.15, -0.1) is 11.8 Å². The highest BCUT2D eigenvalue weighted by molar-refractivity contribution is 7.99. The molecule has 0 fully saturated rings. The SMILES string of the molecule is COCCNCCCSc1ccc(Cl)c(Cl)c1. The van der Waals surface area contributed by atoms with E-state index in [2.05, 4.69) is 5.32 Å². The van der Waals surface area contributed by atoms with E-state index in [0.717, 1.165) is 36.8 Å². The third-order valence-corrected chi connectivity index (χ3v) is 3.96. The van der Waals surface area contributed by atoms with Crippen molar-refractivity contribution in [3.63, 3.8) is 0 Å². The molecule has 0 aromatic heterocycles. The fourth-order valence-electron chi connectivity index (χ4n) is 1.25. The molecule has 0 spiro atoms. The summed E-state index contributed by atoms with van der Waals surface area (Å²) in [5.74, 6) is 1.07. The van der Waals surface area contributed by atoms with Crippen molar-refractivity contribution in [1.29, 1.82) is 0 Å². The summed E-state index contributed by atoms with van der Waals surface area (Å²) in [7, 11) is 1.71. The van der Waals surface area contributed by atoms with Crippen LogP contribution in [0.3, 0.4) is 0 Å². The minimum absolute atomic E-state index is 0.609. The third kappa shape index (κ3) is 6.53. The largest absolute Gasteiger partial charge is 0.383 e. The van der Waals surface area contributed by atoms with Gasteiger partial charge in [-0.1, -0.05) is 23.2 Å². The van der Waals surface area contributed by atoms with Gasteiger partial charge in [-0.25, -0.2) is 0 Å². The molecule has 5 heteroatoms. The second kappa shape index (κ2) is 9.06. The molecule has 0 atom stereocenters. The van der Waals surface area contributed by atoms with Crippen molar-refractivity contribution in [3.8, 4) is 0 Å². The van der Waals surface area contributed by atoms with Crippen molar-refractivity contribution in [1.82, 2.24) is 5.32 Å². The van der Waals surface area contributed by atoms with Gasteiger partial charge in [0, 0.05) is 18.6 Å². The van der Waals surface area contributed by atoms with Gasteiger partial charge in [-0.3, -0.25) is 0 Å². The molecule has 0 radical (unpaired) electrons. The fraction of sp³-hybridized carbons (Fsp3) is 0.500.